The molecular formula is C20H25N3O7. The first-order valence-corrected chi connectivity index (χ1v) is 9.98. The zero-order valence-corrected chi connectivity index (χ0v) is 16.8. The summed E-state index contributed by atoms with van der Waals surface area (Å²) in [6, 6.07) is 7.81. The van der Waals surface area contributed by atoms with Gasteiger partial charge in [0.15, 0.2) is 12.4 Å². The zero-order chi connectivity index (χ0) is 20.9. The third-order valence-electron chi connectivity index (χ3n) is 5.14. The molecule has 1 unspecified atom stereocenters. The van der Waals surface area contributed by atoms with Crippen LogP contribution in [0.1, 0.15) is 24.8 Å². The molecule has 0 radical (unpaired) electrons. The van der Waals surface area contributed by atoms with Crippen LogP contribution < -0.4 is 9.47 Å². The number of methoxy groups -OCH3 is 1. The molecule has 0 saturated carbocycles. The van der Waals surface area contributed by atoms with Crippen molar-refractivity contribution in [2.75, 3.05) is 20.3 Å². The molecule has 3 atom stereocenters. The van der Waals surface area contributed by atoms with Gasteiger partial charge < -0.3 is 33.8 Å². The van der Waals surface area contributed by atoms with E-state index in [2.05, 4.69) is 4.98 Å². The number of rotatable bonds is 8. The van der Waals surface area contributed by atoms with Crippen LogP contribution >= 0.6 is 0 Å². The van der Waals surface area contributed by atoms with Gasteiger partial charge in [0.1, 0.15) is 18.1 Å². The molecule has 10 heteroatoms. The first-order chi connectivity index (χ1) is 14.6. The smallest absolute Gasteiger partial charge is 0.414 e. The Labute approximate surface area is 173 Å². The molecule has 2 aliphatic heterocycles. The molecule has 30 heavy (non-hydrogen) atoms. The molecule has 1 aromatic heterocycles. The lowest BCUT2D eigenvalue weighted by Crippen LogP contribution is -2.47. The number of nitro groups is 1. The molecular weight excluding hydrogens is 394 g/mol. The molecule has 4 rings (SSSR count). The van der Waals surface area contributed by atoms with Crippen molar-refractivity contribution in [3.05, 3.63) is 46.1 Å². The van der Waals surface area contributed by atoms with Gasteiger partial charge in [-0.05, 0) is 41.9 Å². The lowest BCUT2D eigenvalue weighted by molar-refractivity contribution is -0.389. The van der Waals surface area contributed by atoms with E-state index in [4.69, 9.17) is 23.7 Å². The summed E-state index contributed by atoms with van der Waals surface area (Å²) >= 11 is 0. The van der Waals surface area contributed by atoms with Crippen LogP contribution in [-0.2, 0) is 27.4 Å². The number of hydrogen-bond donors (Lipinski definition) is 0. The molecule has 1 aromatic carbocycles. The summed E-state index contributed by atoms with van der Waals surface area (Å²) in [5, 5.41) is 11.1. The fourth-order valence-electron chi connectivity index (χ4n) is 3.52. The number of aromatic nitrogens is 2. The molecule has 0 aliphatic carbocycles. The van der Waals surface area contributed by atoms with Crippen molar-refractivity contribution < 1.29 is 28.6 Å². The van der Waals surface area contributed by atoms with Gasteiger partial charge in [0.2, 0.25) is 0 Å². The Kier molecular flexibility index (Phi) is 6.46. The second kappa shape index (κ2) is 9.41. The fourth-order valence-corrected chi connectivity index (χ4v) is 3.52. The second-order valence-electron chi connectivity index (χ2n) is 7.28. The van der Waals surface area contributed by atoms with E-state index in [1.807, 2.05) is 24.3 Å². The average Bonchev–Trinajstić information content (AvgIpc) is 3.18. The normalized spacial score (nSPS) is 23.4. The first kappa shape index (κ1) is 20.6. The fraction of sp³-hybridized carbons (Fsp3) is 0.550. The Morgan fingerprint density at radius 1 is 1.30 bits per heavy atom. The van der Waals surface area contributed by atoms with E-state index in [-0.39, 0.29) is 30.8 Å². The maximum Gasteiger partial charge on any atom is 0.414 e. The summed E-state index contributed by atoms with van der Waals surface area (Å²) < 4.78 is 30.4. The van der Waals surface area contributed by atoms with Crippen LogP contribution in [0.2, 0.25) is 0 Å². The highest BCUT2D eigenvalue weighted by Crippen LogP contribution is 2.28. The monoisotopic (exact) mass is 419 g/mol. The summed E-state index contributed by atoms with van der Waals surface area (Å²) in [5.74, 6) is 0.529. The van der Waals surface area contributed by atoms with E-state index in [1.54, 1.807) is 11.7 Å². The van der Waals surface area contributed by atoms with Crippen molar-refractivity contribution in [1.82, 2.24) is 9.55 Å². The highest BCUT2D eigenvalue weighted by molar-refractivity contribution is 5.26. The molecule has 2 aliphatic rings. The summed E-state index contributed by atoms with van der Waals surface area (Å²) in [6.07, 6.45) is 3.10. The molecule has 3 heterocycles. The molecule has 0 amide bonds. The van der Waals surface area contributed by atoms with Crippen LogP contribution in [0.15, 0.2) is 30.5 Å². The molecule has 0 bridgehead atoms. The molecule has 2 aromatic rings. The molecule has 162 valence electrons. The number of fused-ring (bicyclic) bond motifs is 1. The van der Waals surface area contributed by atoms with Crippen LogP contribution in [0.25, 0.3) is 0 Å². The van der Waals surface area contributed by atoms with Gasteiger partial charge >= 0.3 is 11.8 Å². The third-order valence-corrected chi connectivity index (χ3v) is 5.14. The third kappa shape index (κ3) is 4.89. The predicted molar refractivity (Wildman–Crippen MR) is 104 cm³/mol. The summed E-state index contributed by atoms with van der Waals surface area (Å²) in [6.45, 7) is 1.69. The number of hydrogen-bond acceptors (Lipinski definition) is 8. The van der Waals surface area contributed by atoms with Crippen LogP contribution in [-0.4, -0.2) is 53.3 Å². The average molecular weight is 419 g/mol. The highest BCUT2D eigenvalue weighted by atomic mass is 16.7. The van der Waals surface area contributed by atoms with E-state index in [0.717, 1.165) is 30.6 Å². The van der Waals surface area contributed by atoms with Gasteiger partial charge in [-0.3, -0.25) is 4.57 Å². The Hall–Kier alpha value is -2.69. The van der Waals surface area contributed by atoms with Crippen molar-refractivity contribution in [2.45, 2.75) is 50.9 Å². The number of benzene rings is 1. The Balaban J connectivity index is 1.41. The van der Waals surface area contributed by atoms with E-state index in [9.17, 15) is 10.1 Å². The van der Waals surface area contributed by atoms with Crippen molar-refractivity contribution in [3.63, 3.8) is 0 Å². The summed E-state index contributed by atoms with van der Waals surface area (Å²) in [4.78, 5) is 14.5. The van der Waals surface area contributed by atoms with Crippen molar-refractivity contribution in [3.8, 4) is 11.8 Å². The predicted octanol–water partition coefficient (Wildman–Crippen LogP) is 2.69. The summed E-state index contributed by atoms with van der Waals surface area (Å²) in [7, 11) is 1.62. The minimum atomic E-state index is -0.538. The van der Waals surface area contributed by atoms with Crippen molar-refractivity contribution in [1.29, 1.82) is 0 Å². The second-order valence-corrected chi connectivity index (χ2v) is 7.28. The molecule has 0 spiro atoms. The first-order valence-electron chi connectivity index (χ1n) is 9.98. The van der Waals surface area contributed by atoms with E-state index in [0.29, 0.717) is 19.8 Å². The standard InChI is InChI=1S/C20H25N3O7/c1-26-15-7-5-14(6-8-15)12-27-13-17-16(29-19-4-2-3-9-28-19)10-22-11-18(23(24)25)21-20(22)30-17/h5-8,11,16-17,19H,2-4,9-10,12-13H2,1H3/t16-,17-,19?/m1/s1. The molecule has 1 saturated heterocycles. The van der Waals surface area contributed by atoms with Gasteiger partial charge in [-0.15, -0.1) is 0 Å². The molecule has 0 N–H and O–H groups in total. The van der Waals surface area contributed by atoms with Gasteiger partial charge in [-0.2, -0.15) is 0 Å². The van der Waals surface area contributed by atoms with E-state index in [1.165, 1.54) is 6.20 Å². The minimum absolute atomic E-state index is 0.198. The Morgan fingerprint density at radius 2 is 2.13 bits per heavy atom. The minimum Gasteiger partial charge on any atom is -0.497 e. The maximum atomic E-state index is 11.1. The molecule has 1 fully saturated rings. The van der Waals surface area contributed by atoms with Gasteiger partial charge in [-0.1, -0.05) is 12.1 Å². The van der Waals surface area contributed by atoms with Crippen LogP contribution in [0, 0.1) is 10.1 Å². The van der Waals surface area contributed by atoms with Gasteiger partial charge in [0.05, 0.1) is 26.9 Å². The highest BCUT2D eigenvalue weighted by Gasteiger charge is 2.37. The summed E-state index contributed by atoms with van der Waals surface area (Å²) in [5.41, 5.74) is 0.997. The lowest BCUT2D eigenvalue weighted by Gasteiger charge is -2.34. The van der Waals surface area contributed by atoms with Gasteiger partial charge in [0.25, 0.3) is 0 Å². The number of imidazole rings is 1. The number of ether oxygens (including phenoxy) is 5. The Morgan fingerprint density at radius 3 is 2.83 bits per heavy atom. The quantitative estimate of drug-likeness (QED) is 0.475. The van der Waals surface area contributed by atoms with Crippen LogP contribution in [0.5, 0.6) is 11.8 Å². The number of nitrogens with zero attached hydrogens (tertiary/aromatic N) is 3. The van der Waals surface area contributed by atoms with E-state index >= 15 is 0 Å². The van der Waals surface area contributed by atoms with Crippen molar-refractivity contribution >= 4 is 5.82 Å². The lowest BCUT2D eigenvalue weighted by atomic mass is 10.1. The largest absolute Gasteiger partial charge is 0.497 e. The SMILES string of the molecule is COc1ccc(COC[C@H]2Oc3nc([N+](=O)[O-])cn3C[C@H]2OC2CCCCO2)cc1. The topological polar surface area (TPSA) is 107 Å². The van der Waals surface area contributed by atoms with E-state index < -0.39 is 11.0 Å². The Bertz CT molecular complexity index is 849. The van der Waals surface area contributed by atoms with Crippen molar-refractivity contribution in [2.24, 2.45) is 0 Å². The molecule has 10 nitrogen and oxygen atoms in total. The van der Waals surface area contributed by atoms with Crippen LogP contribution in [0.3, 0.4) is 0 Å². The van der Waals surface area contributed by atoms with Gasteiger partial charge in [-0.25, -0.2) is 0 Å². The maximum absolute atomic E-state index is 11.1. The zero-order valence-electron chi connectivity index (χ0n) is 16.8. The van der Waals surface area contributed by atoms with Crippen LogP contribution in [0.4, 0.5) is 5.82 Å². The van der Waals surface area contributed by atoms with Gasteiger partial charge in [0, 0.05) is 11.6 Å².